The number of likely N-dealkylation sites (tertiary alicyclic amines) is 1. The Bertz CT molecular complexity index is 992. The van der Waals surface area contributed by atoms with Gasteiger partial charge in [0.25, 0.3) is 0 Å². The van der Waals surface area contributed by atoms with Crippen molar-refractivity contribution in [1.29, 1.82) is 0 Å². The fourth-order valence-electron chi connectivity index (χ4n) is 4.99. The molecule has 2 N–H and O–H groups in total. The largest absolute Gasteiger partial charge is 0.372 e. The minimum atomic E-state index is -0.0834. The van der Waals surface area contributed by atoms with Crippen molar-refractivity contribution in [3.63, 3.8) is 0 Å². The van der Waals surface area contributed by atoms with E-state index in [1.54, 1.807) is 0 Å². The molecule has 2 heterocycles. The van der Waals surface area contributed by atoms with Gasteiger partial charge in [0.1, 0.15) is 0 Å². The van der Waals surface area contributed by atoms with Crippen LogP contribution in [0.3, 0.4) is 0 Å². The second kappa shape index (κ2) is 10.1. The van der Waals surface area contributed by atoms with Crippen LogP contribution in [-0.2, 0) is 16.1 Å². The number of hydrogen-bond acceptors (Lipinski definition) is 4. The molecule has 2 aromatic carbocycles. The number of carbonyl (C=O) groups is 2. The first-order valence-corrected chi connectivity index (χ1v) is 12.8. The first-order chi connectivity index (χ1) is 16.5. The van der Waals surface area contributed by atoms with E-state index in [9.17, 15) is 9.59 Å². The predicted molar refractivity (Wildman–Crippen MR) is 136 cm³/mol. The van der Waals surface area contributed by atoms with Crippen molar-refractivity contribution >= 4 is 28.9 Å². The van der Waals surface area contributed by atoms with E-state index < -0.39 is 0 Å². The molecule has 1 atom stereocenters. The summed E-state index contributed by atoms with van der Waals surface area (Å²) in [5.41, 5.74) is 4.46. The van der Waals surface area contributed by atoms with Crippen LogP contribution < -0.4 is 15.5 Å². The molecule has 2 amide bonds. The molecule has 3 aliphatic rings. The zero-order chi connectivity index (χ0) is 23.5. The molecule has 0 bridgehead atoms. The maximum Gasteiger partial charge on any atom is 0.225 e. The molecule has 2 aromatic rings. The summed E-state index contributed by atoms with van der Waals surface area (Å²) in [6.45, 7) is 6.42. The molecule has 1 aliphatic carbocycles. The second-order valence-electron chi connectivity index (χ2n) is 10.3. The van der Waals surface area contributed by atoms with Gasteiger partial charge < -0.3 is 20.4 Å². The van der Waals surface area contributed by atoms with Crippen LogP contribution in [0.4, 0.5) is 17.1 Å². The van der Waals surface area contributed by atoms with E-state index in [0.717, 1.165) is 55.2 Å². The van der Waals surface area contributed by atoms with Crippen LogP contribution in [0.5, 0.6) is 0 Å². The predicted octanol–water partition coefficient (Wildman–Crippen LogP) is 4.54. The van der Waals surface area contributed by atoms with Crippen LogP contribution in [-0.4, -0.2) is 42.9 Å². The van der Waals surface area contributed by atoms with E-state index in [4.69, 9.17) is 0 Å². The lowest BCUT2D eigenvalue weighted by Gasteiger charge is -2.32. The van der Waals surface area contributed by atoms with Gasteiger partial charge in [-0.1, -0.05) is 19.1 Å². The summed E-state index contributed by atoms with van der Waals surface area (Å²) in [5, 5.41) is 6.52. The number of amides is 2. The summed E-state index contributed by atoms with van der Waals surface area (Å²) in [7, 11) is 0. The molecule has 6 heteroatoms. The Kier molecular flexibility index (Phi) is 6.75. The number of piperidine rings is 1. The minimum absolute atomic E-state index is 0.0524. The molecular formula is C28H36N4O2. The first kappa shape index (κ1) is 22.8. The van der Waals surface area contributed by atoms with Gasteiger partial charge in [0, 0.05) is 55.7 Å². The highest BCUT2D eigenvalue weighted by Gasteiger charge is 2.38. The van der Waals surface area contributed by atoms with Crippen LogP contribution in [0.15, 0.2) is 48.5 Å². The number of anilines is 3. The van der Waals surface area contributed by atoms with Crippen molar-refractivity contribution in [3.05, 3.63) is 54.1 Å². The third-order valence-electron chi connectivity index (χ3n) is 7.52. The molecule has 6 nitrogen and oxygen atoms in total. The van der Waals surface area contributed by atoms with Crippen molar-refractivity contribution < 1.29 is 9.59 Å². The summed E-state index contributed by atoms with van der Waals surface area (Å²) in [6.07, 6.45) is 5.33. The van der Waals surface area contributed by atoms with Gasteiger partial charge >= 0.3 is 0 Å². The third kappa shape index (κ3) is 5.54. The lowest BCUT2D eigenvalue weighted by atomic mass is 9.99. The Morgan fingerprint density at radius 1 is 0.824 bits per heavy atom. The van der Waals surface area contributed by atoms with E-state index >= 15 is 0 Å². The fourth-order valence-corrected chi connectivity index (χ4v) is 4.99. The number of carbonyl (C=O) groups excluding carboxylic acids is 2. The molecule has 0 radical (unpaired) electrons. The number of benzene rings is 2. The number of hydrogen-bond donors (Lipinski definition) is 2. The van der Waals surface area contributed by atoms with Gasteiger partial charge in [-0.05, 0) is 80.0 Å². The highest BCUT2D eigenvalue weighted by molar-refractivity contribution is 5.84. The van der Waals surface area contributed by atoms with Gasteiger partial charge in [-0.3, -0.25) is 9.59 Å². The lowest BCUT2D eigenvalue weighted by Crippen LogP contribution is -2.34. The summed E-state index contributed by atoms with van der Waals surface area (Å²) < 4.78 is 0. The molecule has 3 fully saturated rings. The van der Waals surface area contributed by atoms with Crippen molar-refractivity contribution in [2.45, 2.75) is 45.6 Å². The zero-order valence-corrected chi connectivity index (χ0v) is 20.1. The fraction of sp³-hybridized carbons (Fsp3) is 0.500. The van der Waals surface area contributed by atoms with Gasteiger partial charge in [0.15, 0.2) is 0 Å². The number of rotatable bonds is 7. The summed E-state index contributed by atoms with van der Waals surface area (Å²) in [5.74, 6) is 1.28. The quantitative estimate of drug-likeness (QED) is 0.637. The Morgan fingerprint density at radius 3 is 2.12 bits per heavy atom. The Hall–Kier alpha value is -3.02. The van der Waals surface area contributed by atoms with E-state index in [1.807, 2.05) is 29.2 Å². The minimum Gasteiger partial charge on any atom is -0.372 e. The van der Waals surface area contributed by atoms with Crippen LogP contribution >= 0.6 is 0 Å². The van der Waals surface area contributed by atoms with Crippen LogP contribution in [0.1, 0.15) is 44.6 Å². The summed E-state index contributed by atoms with van der Waals surface area (Å²) in [6, 6.07) is 16.9. The molecule has 0 spiro atoms. The van der Waals surface area contributed by atoms with Crippen molar-refractivity contribution in [2.24, 2.45) is 17.8 Å². The van der Waals surface area contributed by atoms with Gasteiger partial charge in [-0.25, -0.2) is 0 Å². The van der Waals surface area contributed by atoms with Crippen molar-refractivity contribution in [3.8, 4) is 0 Å². The SMILES string of the molecule is CC1CCN(c2ccc(Nc3ccc(CNC(=O)C4CCN(C(=O)C5CC5)C4)cc3)cc2)CC1. The number of nitrogens with zero attached hydrogens (tertiary/aromatic N) is 2. The van der Waals surface area contributed by atoms with E-state index in [2.05, 4.69) is 46.7 Å². The monoisotopic (exact) mass is 460 g/mol. The van der Waals surface area contributed by atoms with Crippen LogP contribution in [0.25, 0.3) is 0 Å². The second-order valence-corrected chi connectivity index (χ2v) is 10.3. The normalized spacial score (nSPS) is 20.9. The highest BCUT2D eigenvalue weighted by Crippen LogP contribution is 2.33. The van der Waals surface area contributed by atoms with Gasteiger partial charge in [0.05, 0.1) is 5.92 Å². The average molecular weight is 461 g/mol. The standard InChI is InChI=1S/C28H36N4O2/c1-20-12-15-31(16-13-20)26-10-8-25(9-11-26)30-24-6-2-21(3-7-24)18-29-27(33)23-14-17-32(19-23)28(34)22-4-5-22/h2-3,6-11,20,22-23,30H,4-5,12-19H2,1H3,(H,29,33). The maximum atomic E-state index is 12.6. The third-order valence-corrected chi connectivity index (χ3v) is 7.52. The molecule has 180 valence electrons. The molecule has 34 heavy (non-hydrogen) atoms. The molecule has 2 aliphatic heterocycles. The summed E-state index contributed by atoms with van der Waals surface area (Å²) in [4.78, 5) is 29.1. The van der Waals surface area contributed by atoms with E-state index in [0.29, 0.717) is 19.6 Å². The Balaban J connectivity index is 1.07. The molecule has 0 aromatic heterocycles. The molecule has 2 saturated heterocycles. The zero-order valence-electron chi connectivity index (χ0n) is 20.1. The van der Waals surface area contributed by atoms with Crippen molar-refractivity contribution in [1.82, 2.24) is 10.2 Å². The molecule has 1 unspecified atom stereocenters. The number of nitrogens with one attached hydrogen (secondary N) is 2. The van der Waals surface area contributed by atoms with Crippen LogP contribution in [0.2, 0.25) is 0 Å². The van der Waals surface area contributed by atoms with E-state index in [1.165, 1.54) is 18.5 Å². The van der Waals surface area contributed by atoms with Crippen molar-refractivity contribution in [2.75, 3.05) is 36.4 Å². The molecule has 1 saturated carbocycles. The smallest absolute Gasteiger partial charge is 0.225 e. The van der Waals surface area contributed by atoms with Gasteiger partial charge in [-0.15, -0.1) is 0 Å². The average Bonchev–Trinajstić information content (AvgIpc) is 3.60. The van der Waals surface area contributed by atoms with Gasteiger partial charge in [-0.2, -0.15) is 0 Å². The summed E-state index contributed by atoms with van der Waals surface area (Å²) >= 11 is 0. The molecular weight excluding hydrogens is 424 g/mol. The first-order valence-electron chi connectivity index (χ1n) is 12.8. The topological polar surface area (TPSA) is 64.7 Å². The van der Waals surface area contributed by atoms with Crippen LogP contribution in [0, 0.1) is 17.8 Å². The molecule has 5 rings (SSSR count). The maximum absolute atomic E-state index is 12.6. The lowest BCUT2D eigenvalue weighted by molar-refractivity contribution is -0.132. The van der Waals surface area contributed by atoms with E-state index in [-0.39, 0.29) is 23.7 Å². The van der Waals surface area contributed by atoms with Gasteiger partial charge in [0.2, 0.25) is 11.8 Å². The Labute approximate surface area is 202 Å². The Morgan fingerprint density at radius 2 is 1.47 bits per heavy atom. The highest BCUT2D eigenvalue weighted by atomic mass is 16.2.